The van der Waals surface area contributed by atoms with E-state index in [9.17, 15) is 9.59 Å². The van der Waals surface area contributed by atoms with Crippen LogP contribution >= 0.6 is 0 Å². The monoisotopic (exact) mass is 264 g/mol. The number of esters is 1. The third-order valence-corrected chi connectivity index (χ3v) is 2.35. The van der Waals surface area contributed by atoms with Crippen molar-refractivity contribution in [1.29, 1.82) is 0 Å². The van der Waals surface area contributed by atoms with Crippen molar-refractivity contribution in [3.63, 3.8) is 0 Å². The van der Waals surface area contributed by atoms with Crippen LogP contribution in [0.1, 0.15) is 30.6 Å². The smallest absolute Gasteiger partial charge is 0.338 e. The average molecular weight is 264 g/mol. The summed E-state index contributed by atoms with van der Waals surface area (Å²) >= 11 is 0. The van der Waals surface area contributed by atoms with E-state index in [0.29, 0.717) is 24.2 Å². The first kappa shape index (κ1) is 15.2. The molecule has 0 heterocycles. The van der Waals surface area contributed by atoms with Crippen LogP contribution in [-0.2, 0) is 9.53 Å². The Hall–Kier alpha value is -1.88. The molecule has 0 saturated heterocycles. The van der Waals surface area contributed by atoms with Gasteiger partial charge in [0.1, 0.15) is 0 Å². The lowest BCUT2D eigenvalue weighted by Gasteiger charge is -2.09. The van der Waals surface area contributed by atoms with E-state index in [1.807, 2.05) is 0 Å². The van der Waals surface area contributed by atoms with E-state index in [-0.39, 0.29) is 18.0 Å². The van der Waals surface area contributed by atoms with Gasteiger partial charge >= 0.3 is 5.97 Å². The minimum atomic E-state index is -0.358. The van der Waals surface area contributed by atoms with Crippen molar-refractivity contribution in [2.75, 3.05) is 18.9 Å². The second-order valence-corrected chi connectivity index (χ2v) is 4.43. The number of hydrogen-bond acceptors (Lipinski definition) is 4. The molecule has 0 atom stereocenters. The maximum absolute atomic E-state index is 11.6. The molecular formula is C14H20N2O3. The molecule has 0 spiro atoms. The van der Waals surface area contributed by atoms with Crippen LogP contribution in [0.25, 0.3) is 0 Å². The molecule has 0 aliphatic heterocycles. The largest absolute Gasteiger partial charge is 0.459 e. The molecule has 0 unspecified atom stereocenters. The van der Waals surface area contributed by atoms with Crippen LogP contribution in [0.5, 0.6) is 0 Å². The number of carbonyl (C=O) groups excluding carboxylic acids is 2. The molecule has 5 nitrogen and oxygen atoms in total. The quantitative estimate of drug-likeness (QED) is 0.769. The molecule has 1 aromatic rings. The van der Waals surface area contributed by atoms with Crippen molar-refractivity contribution in [2.24, 2.45) is 0 Å². The first-order valence-corrected chi connectivity index (χ1v) is 6.28. The Labute approximate surface area is 113 Å². The van der Waals surface area contributed by atoms with Crippen molar-refractivity contribution < 1.29 is 14.3 Å². The van der Waals surface area contributed by atoms with Crippen LogP contribution in [0.3, 0.4) is 0 Å². The Kier molecular flexibility index (Phi) is 6.02. The minimum Gasteiger partial charge on any atom is -0.459 e. The predicted octanol–water partition coefficient (Wildman–Crippen LogP) is 1.80. The summed E-state index contributed by atoms with van der Waals surface area (Å²) in [5.41, 5.74) is 1.14. The van der Waals surface area contributed by atoms with Gasteiger partial charge < -0.3 is 15.4 Å². The molecule has 0 fully saturated rings. The standard InChI is InChI=1S/C14H20N2O3/c1-10(2)19-14(18)11-4-6-12(7-5-11)16-13(17)8-9-15-3/h4-7,10,15H,8-9H2,1-3H3,(H,16,17). The zero-order valence-electron chi connectivity index (χ0n) is 11.5. The van der Waals surface area contributed by atoms with Gasteiger partial charge in [0.25, 0.3) is 0 Å². The van der Waals surface area contributed by atoms with Crippen LogP contribution < -0.4 is 10.6 Å². The molecule has 0 aliphatic carbocycles. The molecule has 0 saturated carbocycles. The molecule has 0 aliphatic rings. The number of anilines is 1. The van der Waals surface area contributed by atoms with Crippen molar-refractivity contribution in [3.05, 3.63) is 29.8 Å². The van der Waals surface area contributed by atoms with Gasteiger partial charge in [-0.15, -0.1) is 0 Å². The molecule has 104 valence electrons. The summed E-state index contributed by atoms with van der Waals surface area (Å²) in [6.45, 7) is 4.23. The number of ether oxygens (including phenoxy) is 1. The minimum absolute atomic E-state index is 0.0631. The highest BCUT2D eigenvalue weighted by molar-refractivity contribution is 5.93. The highest BCUT2D eigenvalue weighted by atomic mass is 16.5. The van der Waals surface area contributed by atoms with Crippen LogP contribution in [0, 0.1) is 0 Å². The molecule has 0 radical (unpaired) electrons. The molecule has 1 rings (SSSR count). The van der Waals surface area contributed by atoms with Gasteiger partial charge in [-0.05, 0) is 45.2 Å². The summed E-state index contributed by atoms with van der Waals surface area (Å²) in [5.74, 6) is -0.421. The van der Waals surface area contributed by atoms with Gasteiger partial charge in [-0.2, -0.15) is 0 Å². The Balaban J connectivity index is 2.56. The summed E-state index contributed by atoms with van der Waals surface area (Å²) in [6, 6.07) is 6.65. The van der Waals surface area contributed by atoms with Crippen LogP contribution in [0.15, 0.2) is 24.3 Å². The molecule has 1 aromatic carbocycles. The van der Waals surface area contributed by atoms with Crippen molar-refractivity contribution in [2.45, 2.75) is 26.4 Å². The Morgan fingerprint density at radius 3 is 2.37 bits per heavy atom. The van der Waals surface area contributed by atoms with Crippen LogP contribution in [0.2, 0.25) is 0 Å². The normalized spacial score (nSPS) is 10.3. The lowest BCUT2D eigenvalue weighted by atomic mass is 10.2. The molecule has 0 bridgehead atoms. The Bertz CT molecular complexity index is 427. The van der Waals surface area contributed by atoms with Crippen molar-refractivity contribution >= 4 is 17.6 Å². The predicted molar refractivity (Wildman–Crippen MR) is 74.2 cm³/mol. The highest BCUT2D eigenvalue weighted by Gasteiger charge is 2.09. The number of rotatable bonds is 6. The molecule has 2 N–H and O–H groups in total. The van der Waals surface area contributed by atoms with Gasteiger partial charge in [-0.1, -0.05) is 0 Å². The number of amides is 1. The van der Waals surface area contributed by atoms with E-state index in [1.54, 1.807) is 45.2 Å². The molecule has 1 amide bonds. The van der Waals surface area contributed by atoms with Gasteiger partial charge in [-0.25, -0.2) is 4.79 Å². The average Bonchev–Trinajstić information content (AvgIpc) is 2.36. The lowest BCUT2D eigenvalue weighted by molar-refractivity contribution is -0.116. The first-order valence-electron chi connectivity index (χ1n) is 6.28. The second-order valence-electron chi connectivity index (χ2n) is 4.43. The SMILES string of the molecule is CNCCC(=O)Nc1ccc(C(=O)OC(C)C)cc1. The fraction of sp³-hybridized carbons (Fsp3) is 0.429. The third-order valence-electron chi connectivity index (χ3n) is 2.35. The van der Waals surface area contributed by atoms with Crippen molar-refractivity contribution in [1.82, 2.24) is 5.32 Å². The lowest BCUT2D eigenvalue weighted by Crippen LogP contribution is -2.18. The van der Waals surface area contributed by atoms with Crippen molar-refractivity contribution in [3.8, 4) is 0 Å². The zero-order valence-corrected chi connectivity index (χ0v) is 11.5. The van der Waals surface area contributed by atoms with E-state index in [0.717, 1.165) is 0 Å². The van der Waals surface area contributed by atoms with Gasteiger partial charge in [0, 0.05) is 18.7 Å². The van der Waals surface area contributed by atoms with Gasteiger partial charge in [0.15, 0.2) is 0 Å². The highest BCUT2D eigenvalue weighted by Crippen LogP contribution is 2.11. The van der Waals surface area contributed by atoms with E-state index < -0.39 is 0 Å². The number of carbonyl (C=O) groups is 2. The number of benzene rings is 1. The summed E-state index contributed by atoms with van der Waals surface area (Å²) < 4.78 is 5.08. The third kappa shape index (κ3) is 5.52. The van der Waals surface area contributed by atoms with E-state index >= 15 is 0 Å². The van der Waals surface area contributed by atoms with Gasteiger partial charge in [0.2, 0.25) is 5.91 Å². The van der Waals surface area contributed by atoms with Crippen LogP contribution in [-0.4, -0.2) is 31.6 Å². The van der Waals surface area contributed by atoms with E-state index in [2.05, 4.69) is 10.6 Å². The maximum atomic E-state index is 11.6. The van der Waals surface area contributed by atoms with Gasteiger partial charge in [-0.3, -0.25) is 4.79 Å². The topological polar surface area (TPSA) is 67.4 Å². The fourth-order valence-electron chi connectivity index (χ4n) is 1.43. The van der Waals surface area contributed by atoms with Crippen LogP contribution in [0.4, 0.5) is 5.69 Å². The fourth-order valence-corrected chi connectivity index (χ4v) is 1.43. The molecular weight excluding hydrogens is 244 g/mol. The van der Waals surface area contributed by atoms with Gasteiger partial charge in [0.05, 0.1) is 11.7 Å². The zero-order chi connectivity index (χ0) is 14.3. The number of hydrogen-bond donors (Lipinski definition) is 2. The Morgan fingerprint density at radius 1 is 1.21 bits per heavy atom. The molecule has 19 heavy (non-hydrogen) atoms. The molecule has 0 aromatic heterocycles. The van der Waals surface area contributed by atoms with E-state index in [1.165, 1.54) is 0 Å². The summed E-state index contributed by atoms with van der Waals surface area (Å²) in [6.07, 6.45) is 0.265. The Morgan fingerprint density at radius 2 is 1.84 bits per heavy atom. The van der Waals surface area contributed by atoms with E-state index in [4.69, 9.17) is 4.74 Å². The first-order chi connectivity index (χ1) is 9.02. The summed E-state index contributed by atoms with van der Waals surface area (Å²) in [4.78, 5) is 23.1. The maximum Gasteiger partial charge on any atom is 0.338 e. The summed E-state index contributed by atoms with van der Waals surface area (Å²) in [7, 11) is 1.79. The number of nitrogens with one attached hydrogen (secondary N) is 2. The second kappa shape index (κ2) is 7.53. The summed E-state index contributed by atoms with van der Waals surface area (Å²) in [5, 5.41) is 5.66. The molecule has 5 heteroatoms.